The van der Waals surface area contributed by atoms with Gasteiger partial charge in [0.1, 0.15) is 11.5 Å². The van der Waals surface area contributed by atoms with E-state index >= 15 is 0 Å². The number of phenolic OH excluding ortho intramolecular Hbond substituents is 1. The molecule has 0 spiro atoms. The van der Waals surface area contributed by atoms with Crippen LogP contribution in [-0.4, -0.2) is 11.4 Å². The van der Waals surface area contributed by atoms with Crippen molar-refractivity contribution in [3.8, 4) is 17.1 Å². The third-order valence-corrected chi connectivity index (χ3v) is 2.96. The van der Waals surface area contributed by atoms with Crippen LogP contribution in [0.25, 0.3) is 22.1 Å². The number of aromatic hydroxyl groups is 1. The third-order valence-electron chi connectivity index (χ3n) is 2.96. The van der Waals surface area contributed by atoms with Crippen LogP contribution in [0.15, 0.2) is 53.1 Å². The van der Waals surface area contributed by atoms with Crippen molar-refractivity contribution in [2.24, 2.45) is 0 Å². The number of carbonyl (C=O) groups is 1. The number of furan rings is 1. The second-order valence-corrected chi connectivity index (χ2v) is 4.03. The van der Waals surface area contributed by atoms with Gasteiger partial charge in [-0.25, -0.2) is 0 Å². The van der Waals surface area contributed by atoms with Crippen LogP contribution in [0.4, 0.5) is 0 Å². The Kier molecular flexibility index (Phi) is 2.38. The summed E-state index contributed by atoms with van der Waals surface area (Å²) < 4.78 is 5.32. The molecule has 1 N–H and O–H groups in total. The van der Waals surface area contributed by atoms with Crippen molar-refractivity contribution >= 4 is 17.1 Å². The van der Waals surface area contributed by atoms with Gasteiger partial charge in [-0.3, -0.25) is 4.79 Å². The van der Waals surface area contributed by atoms with Crippen molar-refractivity contribution in [3.63, 3.8) is 0 Å². The minimum Gasteiger partial charge on any atom is -0.507 e. The first-order valence-electron chi connectivity index (χ1n) is 5.54. The standard InChI is InChI=1S/C15H10O3/c16-9-13-12-8-11(15-2-1-7-18-15)4-3-10(12)5-6-14(13)17/h1-9,17H. The van der Waals surface area contributed by atoms with Crippen LogP contribution in [0.3, 0.4) is 0 Å². The molecule has 0 atom stereocenters. The van der Waals surface area contributed by atoms with Crippen molar-refractivity contribution in [3.05, 3.63) is 54.3 Å². The van der Waals surface area contributed by atoms with Gasteiger partial charge in [-0.15, -0.1) is 0 Å². The van der Waals surface area contributed by atoms with Crippen LogP contribution in [0, 0.1) is 0 Å². The van der Waals surface area contributed by atoms with Crippen LogP contribution in [-0.2, 0) is 0 Å². The Morgan fingerprint density at radius 1 is 1.11 bits per heavy atom. The lowest BCUT2D eigenvalue weighted by Crippen LogP contribution is -1.86. The molecule has 0 bridgehead atoms. The molecule has 0 amide bonds. The van der Waals surface area contributed by atoms with E-state index in [1.807, 2.05) is 30.3 Å². The Labute approximate surface area is 103 Å². The zero-order chi connectivity index (χ0) is 12.5. The third kappa shape index (κ3) is 1.57. The fourth-order valence-corrected chi connectivity index (χ4v) is 2.05. The minimum atomic E-state index is -0.00547. The molecular formula is C15H10O3. The van der Waals surface area contributed by atoms with E-state index in [1.54, 1.807) is 12.3 Å². The summed E-state index contributed by atoms with van der Waals surface area (Å²) in [6.45, 7) is 0. The molecule has 0 aliphatic carbocycles. The second-order valence-electron chi connectivity index (χ2n) is 4.03. The molecule has 0 fully saturated rings. The first kappa shape index (κ1) is 10.6. The summed E-state index contributed by atoms with van der Waals surface area (Å²) in [5.41, 5.74) is 1.18. The summed E-state index contributed by atoms with van der Waals surface area (Å²) in [6.07, 6.45) is 2.27. The molecule has 1 aromatic heterocycles. The molecule has 3 heteroatoms. The van der Waals surface area contributed by atoms with E-state index in [0.29, 0.717) is 11.8 Å². The largest absolute Gasteiger partial charge is 0.507 e. The van der Waals surface area contributed by atoms with Crippen LogP contribution in [0.2, 0.25) is 0 Å². The average molecular weight is 238 g/mol. The highest BCUT2D eigenvalue weighted by Gasteiger charge is 2.08. The molecule has 0 radical (unpaired) electrons. The van der Waals surface area contributed by atoms with Crippen molar-refractivity contribution in [2.45, 2.75) is 0 Å². The predicted octanol–water partition coefficient (Wildman–Crippen LogP) is 3.62. The molecule has 3 rings (SSSR count). The Morgan fingerprint density at radius 2 is 1.94 bits per heavy atom. The molecule has 0 saturated carbocycles. The molecule has 0 unspecified atom stereocenters. The second kappa shape index (κ2) is 4.04. The summed E-state index contributed by atoms with van der Waals surface area (Å²) in [5, 5.41) is 11.3. The summed E-state index contributed by atoms with van der Waals surface area (Å²) in [4.78, 5) is 11.1. The minimum absolute atomic E-state index is 0.00547. The molecule has 0 aliphatic heterocycles. The van der Waals surface area contributed by atoms with Gasteiger partial charge >= 0.3 is 0 Å². The van der Waals surface area contributed by atoms with Crippen molar-refractivity contribution < 1.29 is 14.3 Å². The Bertz CT molecular complexity index is 712. The number of phenols is 1. The fourth-order valence-electron chi connectivity index (χ4n) is 2.05. The van der Waals surface area contributed by atoms with Gasteiger partial charge in [-0.05, 0) is 35.0 Å². The molecule has 3 nitrogen and oxygen atoms in total. The summed E-state index contributed by atoms with van der Waals surface area (Å²) >= 11 is 0. The maximum Gasteiger partial charge on any atom is 0.154 e. The lowest BCUT2D eigenvalue weighted by atomic mass is 10.0. The van der Waals surface area contributed by atoms with Gasteiger partial charge < -0.3 is 9.52 Å². The highest BCUT2D eigenvalue weighted by Crippen LogP contribution is 2.30. The van der Waals surface area contributed by atoms with E-state index < -0.39 is 0 Å². The van der Waals surface area contributed by atoms with E-state index in [4.69, 9.17) is 4.42 Å². The number of aldehydes is 1. The smallest absolute Gasteiger partial charge is 0.154 e. The maximum absolute atomic E-state index is 11.1. The van der Waals surface area contributed by atoms with Crippen LogP contribution in [0.1, 0.15) is 10.4 Å². The molecule has 0 saturated heterocycles. The first-order valence-corrected chi connectivity index (χ1v) is 5.54. The normalized spacial score (nSPS) is 10.7. The number of rotatable bonds is 2. The first-order chi connectivity index (χ1) is 8.79. The van der Waals surface area contributed by atoms with Crippen LogP contribution < -0.4 is 0 Å². The Morgan fingerprint density at radius 3 is 2.67 bits per heavy atom. The topological polar surface area (TPSA) is 50.4 Å². The van der Waals surface area contributed by atoms with Crippen LogP contribution in [0.5, 0.6) is 5.75 Å². The Balaban J connectivity index is 2.31. The zero-order valence-electron chi connectivity index (χ0n) is 9.46. The van der Waals surface area contributed by atoms with Crippen molar-refractivity contribution in [1.29, 1.82) is 0 Å². The summed E-state index contributed by atoms with van der Waals surface area (Å²) in [7, 11) is 0. The van der Waals surface area contributed by atoms with Gasteiger partial charge in [0.15, 0.2) is 6.29 Å². The van der Waals surface area contributed by atoms with Gasteiger partial charge in [0.2, 0.25) is 0 Å². The number of benzene rings is 2. The number of fused-ring (bicyclic) bond motifs is 1. The molecule has 88 valence electrons. The average Bonchev–Trinajstić information content (AvgIpc) is 2.92. The lowest BCUT2D eigenvalue weighted by molar-refractivity contribution is 0.112. The molecule has 1 heterocycles. The van der Waals surface area contributed by atoms with Gasteiger partial charge in [-0.1, -0.05) is 18.2 Å². The highest BCUT2D eigenvalue weighted by atomic mass is 16.3. The van der Waals surface area contributed by atoms with Crippen LogP contribution >= 0.6 is 0 Å². The Hall–Kier alpha value is -2.55. The predicted molar refractivity (Wildman–Crippen MR) is 68.7 cm³/mol. The SMILES string of the molecule is O=Cc1c(O)ccc2ccc(-c3ccco3)cc12. The monoisotopic (exact) mass is 238 g/mol. The van der Waals surface area contributed by atoms with Gasteiger partial charge in [0.25, 0.3) is 0 Å². The van der Waals surface area contributed by atoms with E-state index in [-0.39, 0.29) is 5.75 Å². The van der Waals surface area contributed by atoms with E-state index in [1.165, 1.54) is 6.07 Å². The summed E-state index contributed by atoms with van der Waals surface area (Å²) in [5.74, 6) is 0.728. The maximum atomic E-state index is 11.1. The zero-order valence-corrected chi connectivity index (χ0v) is 9.46. The fraction of sp³-hybridized carbons (Fsp3) is 0. The molecular weight excluding hydrogens is 228 g/mol. The van der Waals surface area contributed by atoms with E-state index in [2.05, 4.69) is 0 Å². The molecule has 18 heavy (non-hydrogen) atoms. The number of carbonyl (C=O) groups excluding carboxylic acids is 1. The molecule has 3 aromatic rings. The molecule has 2 aromatic carbocycles. The van der Waals surface area contributed by atoms with Crippen molar-refractivity contribution in [2.75, 3.05) is 0 Å². The van der Waals surface area contributed by atoms with Gasteiger partial charge in [-0.2, -0.15) is 0 Å². The number of hydrogen-bond acceptors (Lipinski definition) is 3. The molecule has 0 aliphatic rings. The van der Waals surface area contributed by atoms with Gasteiger partial charge in [0.05, 0.1) is 11.8 Å². The van der Waals surface area contributed by atoms with Gasteiger partial charge in [0, 0.05) is 5.56 Å². The highest BCUT2D eigenvalue weighted by molar-refractivity contribution is 6.02. The summed E-state index contributed by atoms with van der Waals surface area (Å²) in [6, 6.07) is 12.6. The van der Waals surface area contributed by atoms with E-state index in [0.717, 1.165) is 22.1 Å². The quantitative estimate of drug-likeness (QED) is 0.694. The lowest BCUT2D eigenvalue weighted by Gasteiger charge is -2.05. The number of hydrogen-bond donors (Lipinski definition) is 1. The van der Waals surface area contributed by atoms with Crippen molar-refractivity contribution in [1.82, 2.24) is 0 Å². The van der Waals surface area contributed by atoms with E-state index in [9.17, 15) is 9.90 Å².